The molecule has 0 saturated heterocycles. The zero-order valence-electron chi connectivity index (χ0n) is 5.09. The van der Waals surface area contributed by atoms with Crippen LogP contribution in [-0.2, 0) is 0 Å². The van der Waals surface area contributed by atoms with Crippen LogP contribution in [0.4, 0.5) is 0 Å². The predicted octanol–water partition coefficient (Wildman–Crippen LogP) is -1.44. The topological polar surface area (TPSA) is 0 Å². The summed E-state index contributed by atoms with van der Waals surface area (Å²) in [6.07, 6.45) is 11.2. The van der Waals surface area contributed by atoms with Gasteiger partial charge < -0.3 is 6.08 Å². The van der Waals surface area contributed by atoms with E-state index in [0.717, 1.165) is 5.92 Å². The summed E-state index contributed by atoms with van der Waals surface area (Å²) in [5.41, 5.74) is 0. The molecular weight excluding hydrogens is 123 g/mol. The van der Waals surface area contributed by atoms with Gasteiger partial charge in [-0.3, -0.25) is 6.08 Å². The van der Waals surface area contributed by atoms with E-state index in [1.165, 1.54) is 6.42 Å². The Bertz CT molecular complexity index is 107. The van der Waals surface area contributed by atoms with Crippen LogP contribution < -0.4 is 51.4 Å². The van der Waals surface area contributed by atoms with Gasteiger partial charge in [-0.15, -0.1) is 6.08 Å². The van der Waals surface area contributed by atoms with Crippen LogP contribution in [0.15, 0.2) is 18.2 Å². The predicted molar refractivity (Wildman–Crippen MR) is 28.5 cm³/mol. The molecule has 0 amide bonds. The maximum atomic E-state index is 3.24. The third-order valence-electron chi connectivity index (χ3n) is 1.64. The summed E-state index contributed by atoms with van der Waals surface area (Å²) in [5, 5.41) is 0. The fourth-order valence-electron chi connectivity index (χ4n) is 1.22. The van der Waals surface area contributed by atoms with Crippen LogP contribution in [0.3, 0.4) is 0 Å². The van der Waals surface area contributed by atoms with Crippen molar-refractivity contribution in [2.45, 2.75) is 6.42 Å². The number of hydrogen-bond donors (Lipinski definition) is 0. The molecule has 2 rings (SSSR count). The van der Waals surface area contributed by atoms with Crippen molar-refractivity contribution in [1.82, 2.24) is 0 Å². The molecule has 2 aliphatic carbocycles. The molecule has 0 saturated carbocycles. The van der Waals surface area contributed by atoms with E-state index in [4.69, 9.17) is 0 Å². The summed E-state index contributed by atoms with van der Waals surface area (Å²) >= 11 is 0. The molecule has 2 bridgehead atoms. The van der Waals surface area contributed by atoms with E-state index >= 15 is 0 Å². The maximum Gasteiger partial charge on any atom is 1.00 e. The van der Waals surface area contributed by atoms with Crippen molar-refractivity contribution in [3.8, 4) is 0 Å². The van der Waals surface area contributed by atoms with E-state index in [2.05, 4.69) is 24.3 Å². The third kappa shape index (κ3) is 1.17. The third-order valence-corrected chi connectivity index (χ3v) is 1.64. The van der Waals surface area contributed by atoms with Gasteiger partial charge in [0.1, 0.15) is 0 Å². The molecule has 36 valence electrons. The van der Waals surface area contributed by atoms with Crippen LogP contribution in [0, 0.1) is 17.9 Å². The largest absolute Gasteiger partial charge is 1.00 e. The standard InChI is InChI=1S/C7H7.K/c1-2-7-4-3-6(1)5-7;/h1-3,6-7H,5H2;/q-1;+1. The Balaban J connectivity index is 0.000000320. The molecule has 0 fully saturated rings. The Labute approximate surface area is 92.5 Å². The molecular formula is C7H7K. The zero-order chi connectivity index (χ0) is 4.69. The van der Waals surface area contributed by atoms with Crippen molar-refractivity contribution in [2.24, 2.45) is 11.8 Å². The van der Waals surface area contributed by atoms with Crippen molar-refractivity contribution in [3.63, 3.8) is 0 Å². The average molecular weight is 130 g/mol. The van der Waals surface area contributed by atoms with Crippen molar-refractivity contribution >= 4 is 0 Å². The first-order valence-electron chi connectivity index (χ1n) is 2.73. The summed E-state index contributed by atoms with van der Waals surface area (Å²) in [4.78, 5) is 0. The van der Waals surface area contributed by atoms with Gasteiger partial charge in [0.25, 0.3) is 0 Å². The van der Waals surface area contributed by atoms with Crippen LogP contribution >= 0.6 is 0 Å². The minimum absolute atomic E-state index is 0. The molecule has 0 aromatic heterocycles. The average Bonchev–Trinajstić information content (AvgIpc) is 2.22. The Kier molecular flexibility index (Phi) is 2.53. The van der Waals surface area contributed by atoms with Crippen molar-refractivity contribution in [2.75, 3.05) is 0 Å². The van der Waals surface area contributed by atoms with Crippen LogP contribution in [0.25, 0.3) is 0 Å². The number of allylic oxidation sites excluding steroid dienone is 4. The molecule has 0 N–H and O–H groups in total. The van der Waals surface area contributed by atoms with Gasteiger partial charge in [-0.05, 0) is 5.92 Å². The van der Waals surface area contributed by atoms with E-state index in [1.54, 1.807) is 0 Å². The van der Waals surface area contributed by atoms with Gasteiger partial charge in [0.15, 0.2) is 0 Å². The Morgan fingerprint density at radius 2 is 2.25 bits per heavy atom. The van der Waals surface area contributed by atoms with E-state index in [1.807, 2.05) is 0 Å². The fourth-order valence-corrected chi connectivity index (χ4v) is 1.22. The van der Waals surface area contributed by atoms with Gasteiger partial charge in [-0.25, -0.2) is 0 Å². The minimum Gasteiger partial charge on any atom is -0.493 e. The summed E-state index contributed by atoms with van der Waals surface area (Å²) in [7, 11) is 0. The molecule has 0 aromatic rings. The monoisotopic (exact) mass is 130 g/mol. The first-order chi connectivity index (χ1) is 3.45. The maximum absolute atomic E-state index is 3.24. The molecule has 0 aliphatic heterocycles. The quantitative estimate of drug-likeness (QED) is 0.214. The molecule has 8 heavy (non-hydrogen) atoms. The van der Waals surface area contributed by atoms with Crippen LogP contribution in [-0.4, -0.2) is 0 Å². The summed E-state index contributed by atoms with van der Waals surface area (Å²) in [5.74, 6) is 1.44. The number of rotatable bonds is 0. The van der Waals surface area contributed by atoms with Crippen LogP contribution in [0.1, 0.15) is 6.42 Å². The molecule has 0 aromatic carbocycles. The zero-order valence-corrected chi connectivity index (χ0v) is 8.22. The summed E-state index contributed by atoms with van der Waals surface area (Å²) < 4.78 is 0. The first-order valence-corrected chi connectivity index (χ1v) is 2.73. The molecule has 0 heterocycles. The Morgan fingerprint density at radius 1 is 1.38 bits per heavy atom. The van der Waals surface area contributed by atoms with Crippen molar-refractivity contribution in [3.05, 3.63) is 24.3 Å². The van der Waals surface area contributed by atoms with E-state index in [9.17, 15) is 0 Å². The second-order valence-corrected chi connectivity index (χ2v) is 2.22. The fraction of sp³-hybridized carbons (Fsp3) is 0.429. The molecule has 2 atom stereocenters. The number of fused-ring (bicyclic) bond motifs is 2. The molecule has 0 nitrogen and oxygen atoms in total. The Morgan fingerprint density at radius 3 is 2.38 bits per heavy atom. The van der Waals surface area contributed by atoms with Gasteiger partial charge in [-0.1, -0.05) is 12.5 Å². The molecule has 1 heteroatoms. The van der Waals surface area contributed by atoms with Crippen LogP contribution in [0.5, 0.6) is 0 Å². The molecule has 0 radical (unpaired) electrons. The normalized spacial score (nSPS) is 38.0. The number of hydrogen-bond acceptors (Lipinski definition) is 0. The van der Waals surface area contributed by atoms with Gasteiger partial charge in [0.2, 0.25) is 0 Å². The molecule has 0 spiro atoms. The van der Waals surface area contributed by atoms with E-state index in [-0.39, 0.29) is 51.4 Å². The minimum atomic E-state index is 0. The van der Waals surface area contributed by atoms with Gasteiger partial charge in [0.05, 0.1) is 0 Å². The van der Waals surface area contributed by atoms with Gasteiger partial charge in [-0.2, -0.15) is 5.92 Å². The van der Waals surface area contributed by atoms with Gasteiger partial charge in [0, 0.05) is 0 Å². The smallest absolute Gasteiger partial charge is 0.493 e. The summed E-state index contributed by atoms with van der Waals surface area (Å²) in [6, 6.07) is 0. The van der Waals surface area contributed by atoms with E-state index < -0.39 is 0 Å². The SMILES string of the molecule is [C-]1=CC2C=CC1C2.[K+]. The summed E-state index contributed by atoms with van der Waals surface area (Å²) in [6.45, 7) is 0. The second-order valence-electron chi connectivity index (χ2n) is 2.22. The van der Waals surface area contributed by atoms with E-state index in [0.29, 0.717) is 5.92 Å². The van der Waals surface area contributed by atoms with Crippen molar-refractivity contribution < 1.29 is 51.4 Å². The van der Waals surface area contributed by atoms with Crippen molar-refractivity contribution in [1.29, 1.82) is 0 Å². The molecule has 2 aliphatic rings. The van der Waals surface area contributed by atoms with Crippen LogP contribution in [0.2, 0.25) is 0 Å². The molecule has 2 unspecified atom stereocenters. The Hall–Kier alpha value is 1.12. The first kappa shape index (κ1) is 7.23. The van der Waals surface area contributed by atoms with Gasteiger partial charge >= 0.3 is 51.4 Å². The second kappa shape index (κ2) is 2.80.